The molecule has 124 valence electrons. The number of aliphatic hydroxyl groups excluding tert-OH is 1. The molecule has 23 heavy (non-hydrogen) atoms. The van der Waals surface area contributed by atoms with Gasteiger partial charge in [0.1, 0.15) is 0 Å². The lowest BCUT2D eigenvalue weighted by Gasteiger charge is -2.30. The highest BCUT2D eigenvalue weighted by Gasteiger charge is 2.46. The van der Waals surface area contributed by atoms with Crippen LogP contribution in [0, 0.1) is 0 Å². The minimum Gasteiger partial charge on any atom is -0.382 e. The predicted molar refractivity (Wildman–Crippen MR) is 80.1 cm³/mol. The Kier molecular flexibility index (Phi) is 4.16. The summed E-state index contributed by atoms with van der Waals surface area (Å²) >= 11 is 0. The fraction of sp³-hybridized carbons (Fsp3) is 0.438. The maximum atomic E-state index is 12.8. The van der Waals surface area contributed by atoms with E-state index in [1.54, 1.807) is 35.4 Å². The molecule has 4 nitrogen and oxygen atoms in total. The smallest absolute Gasteiger partial charge is 0.382 e. The molecule has 0 saturated carbocycles. The normalized spacial score (nSPS) is 21.0. The molecule has 2 atom stereocenters. The minimum atomic E-state index is -4.62. The van der Waals surface area contributed by atoms with Crippen molar-refractivity contribution in [2.45, 2.75) is 37.7 Å². The summed E-state index contributed by atoms with van der Waals surface area (Å²) in [6.07, 6.45) is -4.51. The number of nitrogens with zero attached hydrogens (tertiary/aromatic N) is 1. The van der Waals surface area contributed by atoms with Gasteiger partial charge in [0.25, 0.3) is 5.56 Å². The Balaban J connectivity index is 1.90. The molecule has 1 aromatic carbocycles. The number of nitrogens with one attached hydrogen (secondary N) is 1. The average molecular weight is 326 g/mol. The zero-order valence-electron chi connectivity index (χ0n) is 12.3. The molecule has 0 radical (unpaired) electrons. The number of benzene rings is 1. The van der Waals surface area contributed by atoms with Crippen LogP contribution < -0.4 is 5.56 Å². The summed E-state index contributed by atoms with van der Waals surface area (Å²) in [6, 6.07) is 6.06. The molecule has 1 aromatic heterocycles. The molecule has 1 saturated heterocycles. The number of likely N-dealkylation sites (tertiary alicyclic amines) is 1. The van der Waals surface area contributed by atoms with Gasteiger partial charge in [0.05, 0.1) is 0 Å². The summed E-state index contributed by atoms with van der Waals surface area (Å²) in [5, 5.41) is 10.8. The van der Waals surface area contributed by atoms with E-state index in [9.17, 15) is 23.1 Å². The predicted octanol–water partition coefficient (Wildman–Crippen LogP) is 2.42. The van der Waals surface area contributed by atoms with Crippen molar-refractivity contribution >= 4 is 10.8 Å². The van der Waals surface area contributed by atoms with E-state index in [2.05, 4.69) is 4.98 Å². The standard InChI is InChI=1S/C16H17F3N2O2/c17-16(18,19)14(22)13-6-3-7-21(13)9-10-8-20-15(23)12-5-2-1-4-11(10)12/h1-2,4-5,8,13-14,22H,3,6-7,9H2,(H,20,23). The molecule has 0 bridgehead atoms. The van der Waals surface area contributed by atoms with Gasteiger partial charge in [-0.05, 0) is 36.4 Å². The Morgan fingerprint density at radius 3 is 2.70 bits per heavy atom. The minimum absolute atomic E-state index is 0.224. The number of fused-ring (bicyclic) bond motifs is 1. The molecule has 1 aliphatic heterocycles. The Hall–Kier alpha value is -1.86. The third kappa shape index (κ3) is 3.11. The topological polar surface area (TPSA) is 56.3 Å². The van der Waals surface area contributed by atoms with Crippen molar-refractivity contribution in [2.75, 3.05) is 6.54 Å². The lowest BCUT2D eigenvalue weighted by molar-refractivity contribution is -0.219. The Morgan fingerprint density at radius 2 is 2.00 bits per heavy atom. The number of halogens is 3. The molecule has 2 aromatic rings. The fourth-order valence-corrected chi connectivity index (χ4v) is 3.24. The molecule has 2 unspecified atom stereocenters. The lowest BCUT2D eigenvalue weighted by atomic mass is 10.1. The Morgan fingerprint density at radius 1 is 1.30 bits per heavy atom. The number of aliphatic hydroxyl groups is 1. The van der Waals surface area contributed by atoms with E-state index in [1.807, 2.05) is 0 Å². The number of hydrogen-bond donors (Lipinski definition) is 2. The van der Waals surface area contributed by atoms with Crippen LogP contribution >= 0.6 is 0 Å². The van der Waals surface area contributed by atoms with Gasteiger partial charge in [-0.1, -0.05) is 18.2 Å². The molecular weight excluding hydrogens is 309 g/mol. The largest absolute Gasteiger partial charge is 0.415 e. The molecule has 7 heteroatoms. The second-order valence-electron chi connectivity index (χ2n) is 5.86. The monoisotopic (exact) mass is 326 g/mol. The summed E-state index contributed by atoms with van der Waals surface area (Å²) in [7, 11) is 0. The van der Waals surface area contributed by atoms with Crippen LogP contribution in [-0.2, 0) is 6.54 Å². The van der Waals surface area contributed by atoms with Crippen LogP contribution in [0.1, 0.15) is 18.4 Å². The van der Waals surface area contributed by atoms with Crippen LogP contribution in [0.15, 0.2) is 35.3 Å². The third-order valence-electron chi connectivity index (χ3n) is 4.38. The van der Waals surface area contributed by atoms with Gasteiger partial charge in [-0.15, -0.1) is 0 Å². The van der Waals surface area contributed by atoms with Crippen molar-refractivity contribution in [3.8, 4) is 0 Å². The van der Waals surface area contributed by atoms with Crippen LogP contribution in [0.25, 0.3) is 10.8 Å². The van der Waals surface area contributed by atoms with E-state index >= 15 is 0 Å². The number of pyridine rings is 1. The van der Waals surface area contributed by atoms with Crippen molar-refractivity contribution in [3.05, 3.63) is 46.4 Å². The van der Waals surface area contributed by atoms with Gasteiger partial charge in [0, 0.05) is 24.2 Å². The van der Waals surface area contributed by atoms with Crippen LogP contribution in [0.5, 0.6) is 0 Å². The van der Waals surface area contributed by atoms with Crippen molar-refractivity contribution in [1.82, 2.24) is 9.88 Å². The maximum absolute atomic E-state index is 12.8. The van der Waals surface area contributed by atoms with Crippen molar-refractivity contribution in [2.24, 2.45) is 0 Å². The highest BCUT2D eigenvalue weighted by molar-refractivity contribution is 5.84. The van der Waals surface area contributed by atoms with Crippen molar-refractivity contribution in [1.29, 1.82) is 0 Å². The average Bonchev–Trinajstić information content (AvgIpc) is 2.96. The highest BCUT2D eigenvalue weighted by atomic mass is 19.4. The number of H-pyrrole nitrogens is 1. The summed E-state index contributed by atoms with van der Waals surface area (Å²) in [6.45, 7) is 0.750. The fourth-order valence-electron chi connectivity index (χ4n) is 3.24. The van der Waals surface area contributed by atoms with E-state index in [1.165, 1.54) is 0 Å². The van der Waals surface area contributed by atoms with Gasteiger partial charge in [-0.3, -0.25) is 9.69 Å². The van der Waals surface area contributed by atoms with E-state index in [-0.39, 0.29) is 12.1 Å². The summed E-state index contributed by atoms with van der Waals surface area (Å²) in [4.78, 5) is 16.1. The van der Waals surface area contributed by atoms with Crippen LogP contribution in [0.2, 0.25) is 0 Å². The first-order valence-corrected chi connectivity index (χ1v) is 7.46. The van der Waals surface area contributed by atoms with Gasteiger partial charge in [0.2, 0.25) is 0 Å². The highest BCUT2D eigenvalue weighted by Crippen LogP contribution is 2.32. The van der Waals surface area contributed by atoms with E-state index in [0.29, 0.717) is 24.8 Å². The van der Waals surface area contributed by atoms with Crippen LogP contribution in [0.4, 0.5) is 13.2 Å². The second-order valence-corrected chi connectivity index (χ2v) is 5.86. The number of hydrogen-bond acceptors (Lipinski definition) is 3. The lowest BCUT2D eigenvalue weighted by Crippen LogP contribution is -2.46. The van der Waals surface area contributed by atoms with Crippen molar-refractivity contribution < 1.29 is 18.3 Å². The molecule has 1 fully saturated rings. The zero-order chi connectivity index (χ0) is 16.6. The molecule has 2 heterocycles. The molecule has 0 aliphatic carbocycles. The molecule has 0 spiro atoms. The van der Waals surface area contributed by atoms with E-state index in [0.717, 1.165) is 10.9 Å². The quantitative estimate of drug-likeness (QED) is 0.911. The third-order valence-corrected chi connectivity index (χ3v) is 4.38. The molecule has 0 amide bonds. The SMILES string of the molecule is O=c1[nH]cc(CN2CCCC2C(O)C(F)(F)F)c2ccccc12. The number of aromatic amines is 1. The molecular formula is C16H17F3N2O2. The first-order chi connectivity index (χ1) is 10.9. The van der Waals surface area contributed by atoms with Crippen molar-refractivity contribution in [3.63, 3.8) is 0 Å². The number of rotatable bonds is 3. The van der Waals surface area contributed by atoms with E-state index < -0.39 is 18.3 Å². The Labute approximate surface area is 130 Å². The summed E-state index contributed by atoms with van der Waals surface area (Å²) < 4.78 is 38.4. The van der Waals surface area contributed by atoms with Gasteiger partial charge in [0.15, 0.2) is 6.10 Å². The first kappa shape index (κ1) is 16.0. The van der Waals surface area contributed by atoms with Crippen LogP contribution in [0.3, 0.4) is 0 Å². The molecule has 2 N–H and O–H groups in total. The second kappa shape index (κ2) is 5.98. The molecule has 1 aliphatic rings. The summed E-state index contributed by atoms with van der Waals surface area (Å²) in [5.74, 6) is 0. The molecule has 3 rings (SSSR count). The van der Waals surface area contributed by atoms with Gasteiger partial charge in [-0.2, -0.15) is 13.2 Å². The first-order valence-electron chi connectivity index (χ1n) is 7.46. The summed E-state index contributed by atoms with van der Waals surface area (Å²) in [5.41, 5.74) is 0.527. The Bertz CT molecular complexity index is 757. The number of aromatic nitrogens is 1. The zero-order valence-corrected chi connectivity index (χ0v) is 12.3. The van der Waals surface area contributed by atoms with Gasteiger partial charge >= 0.3 is 6.18 Å². The van der Waals surface area contributed by atoms with Crippen LogP contribution in [-0.4, -0.2) is 39.9 Å². The number of alkyl halides is 3. The van der Waals surface area contributed by atoms with Gasteiger partial charge in [-0.25, -0.2) is 0 Å². The maximum Gasteiger partial charge on any atom is 0.415 e. The van der Waals surface area contributed by atoms with E-state index in [4.69, 9.17) is 0 Å². The van der Waals surface area contributed by atoms with Gasteiger partial charge < -0.3 is 10.1 Å².